The fraction of sp³-hybridized carbons (Fsp3) is 0.167. The third kappa shape index (κ3) is 2.90. The van der Waals surface area contributed by atoms with Crippen molar-refractivity contribution in [3.63, 3.8) is 0 Å². The van der Waals surface area contributed by atoms with Gasteiger partial charge in [0.05, 0.1) is 5.57 Å². The van der Waals surface area contributed by atoms with Gasteiger partial charge in [0.2, 0.25) is 0 Å². The van der Waals surface area contributed by atoms with Crippen LogP contribution in [0.5, 0.6) is 0 Å². The van der Waals surface area contributed by atoms with E-state index in [2.05, 4.69) is 6.07 Å². The minimum Gasteiger partial charge on any atom is -0.389 e. The molecule has 1 aromatic rings. The minimum absolute atomic E-state index is 0.137. The van der Waals surface area contributed by atoms with Gasteiger partial charge in [-0.05, 0) is 31.1 Å². The first kappa shape index (κ1) is 11.4. The molecule has 0 aliphatic carbocycles. The predicted octanol–water partition coefficient (Wildman–Crippen LogP) is 2.50. The number of hydrogen-bond donors (Lipinski definition) is 1. The van der Waals surface area contributed by atoms with Crippen LogP contribution in [0.25, 0.3) is 6.08 Å². The third-order valence-corrected chi connectivity index (χ3v) is 2.33. The highest BCUT2D eigenvalue weighted by molar-refractivity contribution is 7.80. The summed E-state index contributed by atoms with van der Waals surface area (Å²) < 4.78 is 0. The lowest BCUT2D eigenvalue weighted by Crippen LogP contribution is -2.09. The van der Waals surface area contributed by atoms with Crippen LogP contribution in [0.4, 0.5) is 0 Å². The number of hydrogen-bond acceptors (Lipinski definition) is 2. The van der Waals surface area contributed by atoms with Crippen LogP contribution in [0.15, 0.2) is 23.8 Å². The Morgan fingerprint density at radius 1 is 1.47 bits per heavy atom. The topological polar surface area (TPSA) is 49.8 Å². The molecule has 76 valence electrons. The molecule has 2 nitrogen and oxygen atoms in total. The van der Waals surface area contributed by atoms with Crippen molar-refractivity contribution in [3.05, 3.63) is 40.5 Å². The van der Waals surface area contributed by atoms with Gasteiger partial charge in [-0.2, -0.15) is 5.26 Å². The number of aryl methyl sites for hydroxylation is 2. The second kappa shape index (κ2) is 4.72. The Balaban J connectivity index is 3.19. The van der Waals surface area contributed by atoms with Crippen LogP contribution in [-0.4, -0.2) is 4.99 Å². The summed E-state index contributed by atoms with van der Waals surface area (Å²) in [7, 11) is 0. The van der Waals surface area contributed by atoms with E-state index in [-0.39, 0.29) is 4.99 Å². The van der Waals surface area contributed by atoms with Crippen LogP contribution >= 0.6 is 12.2 Å². The van der Waals surface area contributed by atoms with Gasteiger partial charge in [-0.3, -0.25) is 0 Å². The standard InChI is InChI=1S/C12H12N2S/c1-8-3-4-10(9(2)5-8)6-11(7-13)12(14)15/h3-6H,1-2H3,(H2,14,15). The van der Waals surface area contributed by atoms with Gasteiger partial charge < -0.3 is 5.73 Å². The van der Waals surface area contributed by atoms with Gasteiger partial charge in [0, 0.05) is 0 Å². The Bertz CT molecular complexity index is 467. The molecule has 0 unspecified atom stereocenters. The zero-order chi connectivity index (χ0) is 11.4. The Labute approximate surface area is 95.0 Å². The fourth-order valence-electron chi connectivity index (χ4n) is 1.30. The summed E-state index contributed by atoms with van der Waals surface area (Å²) in [6.45, 7) is 4.02. The first-order chi connectivity index (χ1) is 7.04. The van der Waals surface area contributed by atoms with Gasteiger partial charge in [-0.15, -0.1) is 0 Å². The lowest BCUT2D eigenvalue weighted by molar-refractivity contribution is 1.37. The molecule has 0 radical (unpaired) electrons. The van der Waals surface area contributed by atoms with Crippen molar-refractivity contribution in [2.45, 2.75) is 13.8 Å². The summed E-state index contributed by atoms with van der Waals surface area (Å²) >= 11 is 4.77. The number of benzene rings is 1. The van der Waals surface area contributed by atoms with E-state index in [0.717, 1.165) is 11.1 Å². The second-order valence-electron chi connectivity index (χ2n) is 3.39. The van der Waals surface area contributed by atoms with E-state index < -0.39 is 0 Å². The molecule has 0 fully saturated rings. The number of nitriles is 1. The SMILES string of the molecule is Cc1ccc(C=C(C#N)C(N)=S)c(C)c1. The highest BCUT2D eigenvalue weighted by Gasteiger charge is 2.01. The van der Waals surface area contributed by atoms with E-state index in [1.165, 1.54) is 5.56 Å². The number of nitrogens with two attached hydrogens (primary N) is 1. The van der Waals surface area contributed by atoms with Crippen LogP contribution in [0, 0.1) is 25.2 Å². The first-order valence-electron chi connectivity index (χ1n) is 4.53. The molecule has 0 aliphatic rings. The van der Waals surface area contributed by atoms with Crippen molar-refractivity contribution in [1.82, 2.24) is 0 Å². The average molecular weight is 216 g/mol. The van der Waals surface area contributed by atoms with Crippen molar-refractivity contribution < 1.29 is 0 Å². The molecule has 1 aromatic carbocycles. The van der Waals surface area contributed by atoms with Crippen LogP contribution in [0.1, 0.15) is 16.7 Å². The van der Waals surface area contributed by atoms with Gasteiger partial charge in [0.25, 0.3) is 0 Å². The molecule has 2 N–H and O–H groups in total. The number of thiocarbonyl (C=S) groups is 1. The van der Waals surface area contributed by atoms with Crippen molar-refractivity contribution >= 4 is 23.3 Å². The maximum absolute atomic E-state index is 8.82. The van der Waals surface area contributed by atoms with Gasteiger partial charge in [-0.1, -0.05) is 36.0 Å². The molecule has 1 rings (SSSR count). The van der Waals surface area contributed by atoms with E-state index in [0.29, 0.717) is 5.57 Å². The van der Waals surface area contributed by atoms with Crippen molar-refractivity contribution in [3.8, 4) is 6.07 Å². The van der Waals surface area contributed by atoms with E-state index >= 15 is 0 Å². The van der Waals surface area contributed by atoms with Gasteiger partial charge in [0.15, 0.2) is 0 Å². The lowest BCUT2D eigenvalue weighted by atomic mass is 10.0. The van der Waals surface area contributed by atoms with Crippen LogP contribution in [0.3, 0.4) is 0 Å². The molecule has 0 saturated heterocycles. The summed E-state index contributed by atoms with van der Waals surface area (Å²) in [5.41, 5.74) is 9.04. The van der Waals surface area contributed by atoms with Crippen LogP contribution in [-0.2, 0) is 0 Å². The largest absolute Gasteiger partial charge is 0.389 e. The molecule has 0 heterocycles. The Hall–Kier alpha value is -1.66. The molecule has 0 aliphatic heterocycles. The highest BCUT2D eigenvalue weighted by atomic mass is 32.1. The van der Waals surface area contributed by atoms with Gasteiger partial charge in [-0.25, -0.2) is 0 Å². The second-order valence-corrected chi connectivity index (χ2v) is 3.83. The van der Waals surface area contributed by atoms with Crippen molar-refractivity contribution in [2.24, 2.45) is 5.73 Å². The molecular formula is C12H12N2S. The lowest BCUT2D eigenvalue weighted by Gasteiger charge is -2.02. The van der Waals surface area contributed by atoms with E-state index in [4.69, 9.17) is 23.2 Å². The molecule has 0 atom stereocenters. The van der Waals surface area contributed by atoms with E-state index in [1.54, 1.807) is 6.08 Å². The van der Waals surface area contributed by atoms with E-state index in [9.17, 15) is 0 Å². The molecular weight excluding hydrogens is 204 g/mol. The zero-order valence-corrected chi connectivity index (χ0v) is 9.56. The van der Waals surface area contributed by atoms with Crippen LogP contribution in [0.2, 0.25) is 0 Å². The average Bonchev–Trinajstić information content (AvgIpc) is 2.16. The Kier molecular flexibility index (Phi) is 3.59. The minimum atomic E-state index is 0.137. The number of rotatable bonds is 2. The summed E-state index contributed by atoms with van der Waals surface area (Å²) in [5, 5.41) is 8.82. The normalized spacial score (nSPS) is 10.9. The summed E-state index contributed by atoms with van der Waals surface area (Å²) in [4.78, 5) is 0.137. The molecule has 0 saturated carbocycles. The Morgan fingerprint density at radius 2 is 2.13 bits per heavy atom. The monoisotopic (exact) mass is 216 g/mol. The highest BCUT2D eigenvalue weighted by Crippen LogP contribution is 2.14. The summed E-state index contributed by atoms with van der Waals surface area (Å²) in [6, 6.07) is 7.99. The maximum Gasteiger partial charge on any atom is 0.114 e. The predicted molar refractivity (Wildman–Crippen MR) is 66.3 cm³/mol. The molecule has 0 aromatic heterocycles. The fourth-order valence-corrected chi connectivity index (χ4v) is 1.41. The molecule has 3 heteroatoms. The quantitative estimate of drug-likeness (QED) is 0.469. The smallest absolute Gasteiger partial charge is 0.114 e. The maximum atomic E-state index is 8.82. The first-order valence-corrected chi connectivity index (χ1v) is 4.94. The van der Waals surface area contributed by atoms with E-state index in [1.807, 2.05) is 32.0 Å². The summed E-state index contributed by atoms with van der Waals surface area (Å²) in [6.07, 6.45) is 1.72. The molecule has 0 amide bonds. The zero-order valence-electron chi connectivity index (χ0n) is 8.74. The molecule has 15 heavy (non-hydrogen) atoms. The van der Waals surface area contributed by atoms with Gasteiger partial charge >= 0.3 is 0 Å². The number of nitrogens with zero attached hydrogens (tertiary/aromatic N) is 1. The third-order valence-electron chi connectivity index (χ3n) is 2.11. The van der Waals surface area contributed by atoms with Crippen molar-refractivity contribution in [2.75, 3.05) is 0 Å². The van der Waals surface area contributed by atoms with Gasteiger partial charge in [0.1, 0.15) is 11.1 Å². The Morgan fingerprint density at radius 3 is 2.60 bits per heavy atom. The molecule has 0 spiro atoms. The van der Waals surface area contributed by atoms with Crippen molar-refractivity contribution in [1.29, 1.82) is 5.26 Å². The molecule has 0 bridgehead atoms. The summed E-state index contributed by atoms with van der Waals surface area (Å²) in [5.74, 6) is 0. The van der Waals surface area contributed by atoms with Crippen LogP contribution < -0.4 is 5.73 Å².